The minimum absolute atomic E-state index is 0.0383. The van der Waals surface area contributed by atoms with Crippen molar-refractivity contribution in [1.29, 1.82) is 0 Å². The monoisotopic (exact) mass is 261 g/mol. The zero-order valence-electron chi connectivity index (χ0n) is 10.4. The van der Waals surface area contributed by atoms with Crippen LogP contribution in [0, 0.1) is 0 Å². The number of benzene rings is 1. The Morgan fingerprint density at radius 1 is 1.21 bits per heavy atom. The van der Waals surface area contributed by atoms with Crippen molar-refractivity contribution in [2.24, 2.45) is 0 Å². The molecule has 1 saturated heterocycles. The van der Waals surface area contributed by atoms with E-state index in [1.54, 1.807) is 0 Å². The van der Waals surface area contributed by atoms with Gasteiger partial charge in [-0.15, -0.1) is 0 Å². The Kier molecular flexibility index (Phi) is 2.32. The average Bonchev–Trinajstić information content (AvgIpc) is 2.46. The number of hydrogen-bond acceptors (Lipinski definition) is 5. The van der Waals surface area contributed by atoms with Crippen LogP contribution in [0.15, 0.2) is 12.1 Å². The van der Waals surface area contributed by atoms with Gasteiger partial charge in [0.1, 0.15) is 19.3 Å². The van der Waals surface area contributed by atoms with E-state index in [1.165, 1.54) is 0 Å². The summed E-state index contributed by atoms with van der Waals surface area (Å²) in [6.45, 7) is 3.52. The van der Waals surface area contributed by atoms with Gasteiger partial charge in [-0.2, -0.15) is 0 Å². The number of nitrogens with one attached hydrogen (secondary N) is 2. The third-order valence-corrected chi connectivity index (χ3v) is 3.77. The van der Waals surface area contributed by atoms with E-state index in [4.69, 9.17) is 9.47 Å². The molecule has 1 aromatic carbocycles. The van der Waals surface area contributed by atoms with Crippen LogP contribution in [0.1, 0.15) is 0 Å². The van der Waals surface area contributed by atoms with Gasteiger partial charge >= 0.3 is 0 Å². The second-order valence-electron chi connectivity index (χ2n) is 4.92. The van der Waals surface area contributed by atoms with E-state index >= 15 is 0 Å². The van der Waals surface area contributed by atoms with Crippen LogP contribution in [0.5, 0.6) is 11.5 Å². The lowest BCUT2D eigenvalue weighted by Crippen LogP contribution is -2.58. The lowest BCUT2D eigenvalue weighted by Gasteiger charge is -2.41. The van der Waals surface area contributed by atoms with Gasteiger partial charge in [0.2, 0.25) is 5.91 Å². The number of carbonyl (C=O) groups is 1. The number of fused-ring (bicyclic) bond motifs is 4. The molecule has 1 unspecified atom stereocenters. The van der Waals surface area contributed by atoms with Gasteiger partial charge in [-0.05, 0) is 0 Å². The van der Waals surface area contributed by atoms with Gasteiger partial charge in [0, 0.05) is 31.8 Å². The maximum atomic E-state index is 12.1. The Labute approximate surface area is 110 Å². The molecule has 100 valence electrons. The summed E-state index contributed by atoms with van der Waals surface area (Å²) in [5.41, 5.74) is 1.84. The lowest BCUT2D eigenvalue weighted by atomic mass is 10.1. The van der Waals surface area contributed by atoms with Crippen molar-refractivity contribution in [3.63, 3.8) is 0 Å². The average molecular weight is 261 g/mol. The molecule has 1 fully saturated rings. The first-order valence-electron chi connectivity index (χ1n) is 6.55. The van der Waals surface area contributed by atoms with E-state index in [0.29, 0.717) is 25.5 Å². The summed E-state index contributed by atoms with van der Waals surface area (Å²) >= 11 is 0. The quantitative estimate of drug-likeness (QED) is 0.698. The highest BCUT2D eigenvalue weighted by Crippen LogP contribution is 2.42. The highest BCUT2D eigenvalue weighted by Gasteiger charge is 2.35. The molecule has 0 spiro atoms. The van der Waals surface area contributed by atoms with Crippen LogP contribution < -0.4 is 25.0 Å². The summed E-state index contributed by atoms with van der Waals surface area (Å²) in [6.07, 6.45) is 0. The van der Waals surface area contributed by atoms with Crippen molar-refractivity contribution in [1.82, 2.24) is 5.32 Å². The van der Waals surface area contributed by atoms with E-state index in [9.17, 15) is 4.79 Å². The van der Waals surface area contributed by atoms with Gasteiger partial charge in [-0.25, -0.2) is 0 Å². The number of ether oxygens (including phenoxy) is 2. The summed E-state index contributed by atoms with van der Waals surface area (Å²) in [7, 11) is 0. The molecule has 3 heterocycles. The van der Waals surface area contributed by atoms with Crippen molar-refractivity contribution in [3.8, 4) is 11.5 Å². The minimum atomic E-state index is -0.135. The van der Waals surface area contributed by atoms with E-state index in [-0.39, 0.29) is 11.9 Å². The van der Waals surface area contributed by atoms with E-state index in [2.05, 4.69) is 15.5 Å². The van der Waals surface area contributed by atoms with Gasteiger partial charge in [0.05, 0.1) is 11.4 Å². The molecule has 6 nitrogen and oxygen atoms in total. The molecular weight excluding hydrogens is 246 g/mol. The Balaban J connectivity index is 1.81. The first-order chi connectivity index (χ1) is 9.33. The summed E-state index contributed by atoms with van der Waals surface area (Å²) in [5.74, 6) is 1.51. The highest BCUT2D eigenvalue weighted by atomic mass is 16.6. The minimum Gasteiger partial charge on any atom is -0.486 e. The van der Waals surface area contributed by atoms with Crippen molar-refractivity contribution >= 4 is 17.3 Å². The smallest absolute Gasteiger partial charge is 0.248 e. The Morgan fingerprint density at radius 3 is 2.84 bits per heavy atom. The van der Waals surface area contributed by atoms with Crippen LogP contribution in [0.3, 0.4) is 0 Å². The fourth-order valence-electron chi connectivity index (χ4n) is 2.86. The van der Waals surface area contributed by atoms with Crippen LogP contribution in [0.2, 0.25) is 0 Å². The van der Waals surface area contributed by atoms with E-state index < -0.39 is 0 Å². The summed E-state index contributed by atoms with van der Waals surface area (Å²) in [6, 6.07) is 3.70. The molecule has 0 radical (unpaired) electrons. The molecule has 3 aliphatic heterocycles. The molecule has 4 rings (SSSR count). The van der Waals surface area contributed by atoms with E-state index in [0.717, 1.165) is 30.2 Å². The van der Waals surface area contributed by atoms with Crippen LogP contribution in [-0.4, -0.2) is 44.8 Å². The molecule has 0 saturated carbocycles. The fourth-order valence-corrected chi connectivity index (χ4v) is 2.86. The molecule has 0 bridgehead atoms. The maximum absolute atomic E-state index is 12.1. The van der Waals surface area contributed by atoms with Crippen molar-refractivity contribution in [2.45, 2.75) is 6.04 Å². The summed E-state index contributed by atoms with van der Waals surface area (Å²) in [4.78, 5) is 14.2. The van der Waals surface area contributed by atoms with Crippen molar-refractivity contribution in [2.75, 3.05) is 43.1 Å². The van der Waals surface area contributed by atoms with Gasteiger partial charge < -0.3 is 25.0 Å². The Hall–Kier alpha value is -1.95. The molecule has 2 N–H and O–H groups in total. The van der Waals surface area contributed by atoms with Crippen LogP contribution in [-0.2, 0) is 4.79 Å². The predicted molar refractivity (Wildman–Crippen MR) is 70.1 cm³/mol. The fraction of sp³-hybridized carbons (Fsp3) is 0.462. The molecule has 0 aromatic heterocycles. The van der Waals surface area contributed by atoms with Gasteiger partial charge in [-0.3, -0.25) is 4.79 Å². The number of amides is 1. The first-order valence-corrected chi connectivity index (χ1v) is 6.55. The van der Waals surface area contributed by atoms with Crippen LogP contribution in [0.4, 0.5) is 11.4 Å². The third kappa shape index (κ3) is 1.63. The molecule has 1 amide bonds. The summed E-state index contributed by atoms with van der Waals surface area (Å²) < 4.78 is 11.2. The largest absolute Gasteiger partial charge is 0.486 e. The normalized spacial score (nSPS) is 24.3. The van der Waals surface area contributed by atoms with E-state index in [1.807, 2.05) is 12.1 Å². The standard InChI is InChI=1S/C13H15N3O3/c17-13-10-7-14-1-2-16(10)9-6-12-11(5-8(9)15-13)18-3-4-19-12/h5-6,10,14H,1-4,7H2,(H,15,17). The van der Waals surface area contributed by atoms with Crippen molar-refractivity contribution in [3.05, 3.63) is 12.1 Å². The number of hydrogen-bond donors (Lipinski definition) is 2. The zero-order chi connectivity index (χ0) is 12.8. The molecule has 19 heavy (non-hydrogen) atoms. The van der Waals surface area contributed by atoms with Gasteiger partial charge in [-0.1, -0.05) is 0 Å². The van der Waals surface area contributed by atoms with Gasteiger partial charge in [0.25, 0.3) is 0 Å². The number of rotatable bonds is 0. The molecule has 3 aliphatic rings. The van der Waals surface area contributed by atoms with Gasteiger partial charge in [0.15, 0.2) is 11.5 Å². The SMILES string of the molecule is O=C1Nc2cc3c(cc2N2CCNCC12)OCCO3. The Morgan fingerprint density at radius 2 is 2.00 bits per heavy atom. The van der Waals surface area contributed by atoms with Crippen LogP contribution >= 0.6 is 0 Å². The summed E-state index contributed by atoms with van der Waals surface area (Å²) in [5, 5.41) is 6.20. The molecular formula is C13H15N3O3. The number of carbonyl (C=O) groups excluding carboxylic acids is 1. The maximum Gasteiger partial charge on any atom is 0.248 e. The number of piperazine rings is 1. The van der Waals surface area contributed by atoms with Crippen molar-refractivity contribution < 1.29 is 14.3 Å². The lowest BCUT2D eigenvalue weighted by molar-refractivity contribution is -0.117. The number of anilines is 2. The molecule has 0 aliphatic carbocycles. The number of nitrogens with zero attached hydrogens (tertiary/aromatic N) is 1. The molecule has 1 aromatic rings. The van der Waals surface area contributed by atoms with Crippen LogP contribution in [0.25, 0.3) is 0 Å². The molecule has 6 heteroatoms. The zero-order valence-corrected chi connectivity index (χ0v) is 10.4. The first kappa shape index (κ1) is 10.9. The molecule has 1 atom stereocenters. The predicted octanol–water partition coefficient (Wildman–Crippen LogP) is 0.188. The highest BCUT2D eigenvalue weighted by molar-refractivity contribution is 6.04. The third-order valence-electron chi connectivity index (χ3n) is 3.77. The second-order valence-corrected chi connectivity index (χ2v) is 4.92. The Bertz CT molecular complexity index is 546. The second kappa shape index (κ2) is 4.03. The topological polar surface area (TPSA) is 62.8 Å².